The Hall–Kier alpha value is -2.02. The molecule has 1 amide bonds. The molecule has 0 atom stereocenters. The van der Waals surface area contributed by atoms with Gasteiger partial charge < -0.3 is 14.6 Å². The van der Waals surface area contributed by atoms with Crippen LogP contribution in [0.3, 0.4) is 0 Å². The summed E-state index contributed by atoms with van der Waals surface area (Å²) in [5.41, 5.74) is 0.768. The van der Waals surface area contributed by atoms with E-state index in [1.807, 2.05) is 31.2 Å². The van der Waals surface area contributed by atoms with Crippen LogP contribution in [0.2, 0.25) is 0 Å². The number of anilines is 1. The third kappa shape index (κ3) is 4.29. The van der Waals surface area contributed by atoms with Crippen molar-refractivity contribution in [2.45, 2.75) is 44.3 Å². The molecule has 0 saturated heterocycles. The summed E-state index contributed by atoms with van der Waals surface area (Å²) >= 11 is 1.44. The number of aryl methyl sites for hydroxylation is 1. The number of benzene rings is 1. The molecule has 0 fully saturated rings. The summed E-state index contributed by atoms with van der Waals surface area (Å²) in [7, 11) is 0. The smallest absolute Gasteiger partial charge is 0.234 e. The highest BCUT2D eigenvalue weighted by atomic mass is 32.2. The average Bonchev–Trinajstić information content (AvgIpc) is 2.82. The molecule has 128 valence electrons. The molecule has 0 bridgehead atoms. The van der Waals surface area contributed by atoms with Crippen LogP contribution in [0.5, 0.6) is 5.75 Å². The maximum absolute atomic E-state index is 12.1. The first-order valence-corrected chi connectivity index (χ1v) is 9.32. The standard InChI is InChI=1S/C17H22N4O2S/c1-2-23-14-9-7-13(8-10-14)18-16(22)12-24-17-20-19-15-6-4-3-5-11-21(15)17/h7-10H,2-6,11-12H2,1H3,(H,18,22). The van der Waals surface area contributed by atoms with Gasteiger partial charge in [0, 0.05) is 18.7 Å². The van der Waals surface area contributed by atoms with Gasteiger partial charge in [0.25, 0.3) is 0 Å². The number of rotatable bonds is 6. The molecule has 0 aliphatic carbocycles. The van der Waals surface area contributed by atoms with Crippen LogP contribution < -0.4 is 10.1 Å². The first-order chi connectivity index (χ1) is 11.8. The number of thioether (sulfide) groups is 1. The van der Waals surface area contributed by atoms with Gasteiger partial charge in [-0.3, -0.25) is 4.79 Å². The number of ether oxygens (including phenoxy) is 1. The lowest BCUT2D eigenvalue weighted by atomic mass is 10.2. The molecular weight excluding hydrogens is 324 g/mol. The maximum Gasteiger partial charge on any atom is 0.234 e. The van der Waals surface area contributed by atoms with E-state index in [0.717, 1.165) is 41.8 Å². The molecule has 1 aromatic heterocycles. The van der Waals surface area contributed by atoms with Crippen molar-refractivity contribution in [1.82, 2.24) is 14.8 Å². The van der Waals surface area contributed by atoms with Crippen LogP contribution in [0.1, 0.15) is 32.0 Å². The van der Waals surface area contributed by atoms with Gasteiger partial charge in [0.15, 0.2) is 5.16 Å². The lowest BCUT2D eigenvalue weighted by Gasteiger charge is -2.08. The predicted octanol–water partition coefficient (Wildman–Crippen LogP) is 3.13. The molecular formula is C17H22N4O2S. The van der Waals surface area contributed by atoms with E-state index in [9.17, 15) is 4.79 Å². The molecule has 0 radical (unpaired) electrons. The molecule has 7 heteroatoms. The number of carbonyl (C=O) groups is 1. The van der Waals surface area contributed by atoms with Crippen molar-refractivity contribution < 1.29 is 9.53 Å². The Bertz CT molecular complexity index is 684. The quantitative estimate of drug-likeness (QED) is 0.814. The van der Waals surface area contributed by atoms with Crippen LogP contribution in [0.25, 0.3) is 0 Å². The van der Waals surface area contributed by atoms with E-state index in [-0.39, 0.29) is 5.91 Å². The summed E-state index contributed by atoms with van der Waals surface area (Å²) < 4.78 is 7.55. The molecule has 2 heterocycles. The van der Waals surface area contributed by atoms with Crippen LogP contribution >= 0.6 is 11.8 Å². The van der Waals surface area contributed by atoms with Gasteiger partial charge in [-0.1, -0.05) is 18.2 Å². The summed E-state index contributed by atoms with van der Waals surface area (Å²) in [4.78, 5) is 12.1. The monoisotopic (exact) mass is 346 g/mol. The fourth-order valence-electron chi connectivity index (χ4n) is 2.69. The first kappa shape index (κ1) is 16.8. The molecule has 1 aliphatic heterocycles. The fraction of sp³-hybridized carbons (Fsp3) is 0.471. The molecule has 1 N–H and O–H groups in total. The van der Waals surface area contributed by atoms with Gasteiger partial charge in [-0.25, -0.2) is 0 Å². The minimum Gasteiger partial charge on any atom is -0.494 e. The van der Waals surface area contributed by atoms with Crippen molar-refractivity contribution in [3.63, 3.8) is 0 Å². The normalized spacial score (nSPS) is 13.9. The molecule has 3 rings (SSSR count). The van der Waals surface area contributed by atoms with E-state index in [4.69, 9.17) is 4.74 Å². The summed E-state index contributed by atoms with van der Waals surface area (Å²) in [6, 6.07) is 7.39. The second kappa shape index (κ2) is 8.19. The lowest BCUT2D eigenvalue weighted by molar-refractivity contribution is -0.113. The highest BCUT2D eigenvalue weighted by Gasteiger charge is 2.16. The van der Waals surface area contributed by atoms with Gasteiger partial charge in [-0.05, 0) is 44.0 Å². The summed E-state index contributed by atoms with van der Waals surface area (Å²) in [5, 5.41) is 12.2. The van der Waals surface area contributed by atoms with Gasteiger partial charge >= 0.3 is 0 Å². The third-order valence-electron chi connectivity index (χ3n) is 3.86. The van der Waals surface area contributed by atoms with Crippen molar-refractivity contribution in [2.75, 3.05) is 17.7 Å². The van der Waals surface area contributed by atoms with Crippen molar-refractivity contribution in [3.05, 3.63) is 30.1 Å². The molecule has 0 spiro atoms. The van der Waals surface area contributed by atoms with E-state index in [1.54, 1.807) is 0 Å². The molecule has 2 aromatic rings. The van der Waals surface area contributed by atoms with E-state index in [0.29, 0.717) is 12.4 Å². The molecule has 24 heavy (non-hydrogen) atoms. The Morgan fingerprint density at radius 1 is 1.25 bits per heavy atom. The first-order valence-electron chi connectivity index (χ1n) is 8.34. The van der Waals surface area contributed by atoms with Gasteiger partial charge in [0.1, 0.15) is 11.6 Å². The van der Waals surface area contributed by atoms with Gasteiger partial charge in [-0.15, -0.1) is 10.2 Å². The molecule has 0 unspecified atom stereocenters. The largest absolute Gasteiger partial charge is 0.494 e. The zero-order chi connectivity index (χ0) is 16.8. The fourth-order valence-corrected chi connectivity index (χ4v) is 3.48. The zero-order valence-electron chi connectivity index (χ0n) is 13.8. The summed E-state index contributed by atoms with van der Waals surface area (Å²) in [6.45, 7) is 3.52. The van der Waals surface area contributed by atoms with Gasteiger partial charge in [-0.2, -0.15) is 0 Å². The third-order valence-corrected chi connectivity index (χ3v) is 4.82. The highest BCUT2D eigenvalue weighted by Crippen LogP contribution is 2.22. The number of aromatic nitrogens is 3. The van der Waals surface area contributed by atoms with Gasteiger partial charge in [0.2, 0.25) is 5.91 Å². The summed E-state index contributed by atoms with van der Waals surface area (Å²) in [6.07, 6.45) is 4.52. The highest BCUT2D eigenvalue weighted by molar-refractivity contribution is 7.99. The van der Waals surface area contributed by atoms with Crippen LogP contribution in [0, 0.1) is 0 Å². The van der Waals surface area contributed by atoms with Crippen LogP contribution in [-0.2, 0) is 17.8 Å². The van der Waals surface area contributed by atoms with Crippen molar-refractivity contribution in [3.8, 4) is 5.75 Å². The lowest BCUT2D eigenvalue weighted by Crippen LogP contribution is -2.14. The molecule has 1 aliphatic rings. The molecule has 0 saturated carbocycles. The molecule has 6 nitrogen and oxygen atoms in total. The minimum atomic E-state index is -0.0462. The Morgan fingerprint density at radius 3 is 2.88 bits per heavy atom. The average molecular weight is 346 g/mol. The van der Waals surface area contributed by atoms with Crippen LogP contribution in [0.15, 0.2) is 29.4 Å². The Morgan fingerprint density at radius 2 is 2.08 bits per heavy atom. The topological polar surface area (TPSA) is 69.0 Å². The van der Waals surface area contributed by atoms with Crippen LogP contribution in [0.4, 0.5) is 5.69 Å². The molecule has 1 aromatic carbocycles. The van der Waals surface area contributed by atoms with E-state index >= 15 is 0 Å². The number of fused-ring (bicyclic) bond motifs is 1. The second-order valence-electron chi connectivity index (χ2n) is 5.66. The SMILES string of the molecule is CCOc1ccc(NC(=O)CSc2nnc3n2CCCCC3)cc1. The summed E-state index contributed by atoms with van der Waals surface area (Å²) in [5.74, 6) is 2.12. The number of amides is 1. The predicted molar refractivity (Wildman–Crippen MR) is 94.5 cm³/mol. The number of nitrogens with zero attached hydrogens (tertiary/aromatic N) is 3. The van der Waals surface area contributed by atoms with Crippen molar-refractivity contribution in [2.24, 2.45) is 0 Å². The van der Waals surface area contributed by atoms with Crippen LogP contribution in [-0.4, -0.2) is 33.0 Å². The van der Waals surface area contributed by atoms with E-state index in [1.165, 1.54) is 24.6 Å². The minimum absolute atomic E-state index is 0.0462. The Balaban J connectivity index is 1.53. The van der Waals surface area contributed by atoms with E-state index < -0.39 is 0 Å². The number of hydrogen-bond donors (Lipinski definition) is 1. The van der Waals surface area contributed by atoms with Crippen molar-refractivity contribution >= 4 is 23.4 Å². The maximum atomic E-state index is 12.1. The number of hydrogen-bond acceptors (Lipinski definition) is 5. The number of nitrogens with one attached hydrogen (secondary N) is 1. The Labute approximate surface area is 146 Å². The van der Waals surface area contributed by atoms with Gasteiger partial charge in [0.05, 0.1) is 12.4 Å². The second-order valence-corrected chi connectivity index (χ2v) is 6.60. The van der Waals surface area contributed by atoms with Crippen molar-refractivity contribution in [1.29, 1.82) is 0 Å². The van der Waals surface area contributed by atoms with E-state index in [2.05, 4.69) is 20.1 Å². The zero-order valence-corrected chi connectivity index (χ0v) is 14.6. The Kier molecular flexibility index (Phi) is 5.74. The number of carbonyl (C=O) groups excluding carboxylic acids is 1.